The molecule has 0 aliphatic carbocycles. The normalized spacial score (nSPS) is 12.0. The Balaban J connectivity index is 1.76. The molecule has 0 aliphatic rings. The van der Waals surface area contributed by atoms with Gasteiger partial charge in [-0.1, -0.05) is 101 Å². The van der Waals surface area contributed by atoms with Crippen LogP contribution in [-0.2, 0) is 6.42 Å². The van der Waals surface area contributed by atoms with Crippen LogP contribution in [0.2, 0.25) is 0 Å². The van der Waals surface area contributed by atoms with Crippen molar-refractivity contribution in [2.24, 2.45) is 0 Å². The van der Waals surface area contributed by atoms with E-state index in [1.807, 2.05) is 12.1 Å². The third-order valence-electron chi connectivity index (χ3n) is 5.49. The van der Waals surface area contributed by atoms with Crippen LogP contribution in [0.15, 0.2) is 48.6 Å². The van der Waals surface area contributed by atoms with Crippen molar-refractivity contribution in [2.45, 2.75) is 110 Å². The van der Waals surface area contributed by atoms with Gasteiger partial charge in [-0.25, -0.2) is 0 Å². The molecule has 30 heavy (non-hydrogen) atoms. The van der Waals surface area contributed by atoms with Crippen molar-refractivity contribution >= 4 is 6.29 Å². The largest absolute Gasteiger partial charge is 0.356 e. The van der Waals surface area contributed by atoms with Crippen molar-refractivity contribution in [3.05, 3.63) is 60.0 Å². The Hall–Kier alpha value is -1.83. The van der Waals surface area contributed by atoms with Crippen molar-refractivity contribution in [2.75, 3.05) is 0 Å². The molecule has 1 heterocycles. The highest BCUT2D eigenvalue weighted by atomic mass is 16.1. The molecule has 1 aromatic rings. The molecule has 0 fully saturated rings. The van der Waals surface area contributed by atoms with Gasteiger partial charge in [0, 0.05) is 5.69 Å². The van der Waals surface area contributed by atoms with Gasteiger partial charge in [-0.2, -0.15) is 0 Å². The Bertz CT molecular complexity index is 594. The number of aryl methyl sites for hydroxylation is 1. The minimum Gasteiger partial charge on any atom is -0.356 e. The van der Waals surface area contributed by atoms with Gasteiger partial charge in [-0.3, -0.25) is 4.79 Å². The predicted molar refractivity (Wildman–Crippen MR) is 132 cm³/mol. The quantitative estimate of drug-likeness (QED) is 0.130. The average molecular weight is 412 g/mol. The summed E-state index contributed by atoms with van der Waals surface area (Å²) < 4.78 is 0. The third-order valence-corrected chi connectivity index (χ3v) is 5.49. The van der Waals surface area contributed by atoms with Gasteiger partial charge in [0.1, 0.15) is 0 Å². The molecule has 0 unspecified atom stereocenters. The lowest BCUT2D eigenvalue weighted by Gasteiger charge is -2.03. The Kier molecular flexibility index (Phi) is 17.9. The number of carbonyl (C=O) groups excluding carboxylic acids is 1. The second kappa shape index (κ2) is 20.4. The first-order chi connectivity index (χ1) is 14.9. The van der Waals surface area contributed by atoms with Crippen LogP contribution in [0.3, 0.4) is 0 Å². The van der Waals surface area contributed by atoms with Gasteiger partial charge in [-0.05, 0) is 57.1 Å². The van der Waals surface area contributed by atoms with Crippen LogP contribution < -0.4 is 0 Å². The van der Waals surface area contributed by atoms with Gasteiger partial charge in [0.15, 0.2) is 6.29 Å². The van der Waals surface area contributed by atoms with Crippen LogP contribution in [0.4, 0.5) is 0 Å². The van der Waals surface area contributed by atoms with Crippen molar-refractivity contribution in [1.82, 2.24) is 4.98 Å². The fourth-order valence-corrected chi connectivity index (χ4v) is 3.67. The van der Waals surface area contributed by atoms with Gasteiger partial charge in [0.05, 0.1) is 5.69 Å². The Morgan fingerprint density at radius 2 is 1.20 bits per heavy atom. The van der Waals surface area contributed by atoms with Crippen LogP contribution in [0.5, 0.6) is 0 Å². The van der Waals surface area contributed by atoms with E-state index < -0.39 is 0 Å². The van der Waals surface area contributed by atoms with Gasteiger partial charge in [0.25, 0.3) is 0 Å². The fraction of sp³-hybridized carbons (Fsp3) is 0.607. The Morgan fingerprint density at radius 3 is 1.77 bits per heavy atom. The SMILES string of the molecule is CCC=CCC=CCC=CCCCCCCCCCCCCCc1ccc(C=O)[nH]1. The summed E-state index contributed by atoms with van der Waals surface area (Å²) in [6.07, 6.45) is 35.1. The van der Waals surface area contributed by atoms with E-state index in [0.717, 1.165) is 32.0 Å². The van der Waals surface area contributed by atoms with Crippen LogP contribution in [0, 0.1) is 0 Å². The van der Waals surface area contributed by atoms with Crippen LogP contribution in [-0.4, -0.2) is 11.3 Å². The fourth-order valence-electron chi connectivity index (χ4n) is 3.67. The van der Waals surface area contributed by atoms with E-state index in [0.29, 0.717) is 5.69 Å². The van der Waals surface area contributed by atoms with Crippen molar-refractivity contribution in [3.8, 4) is 0 Å². The molecule has 1 rings (SSSR count). The van der Waals surface area contributed by atoms with Crippen molar-refractivity contribution in [1.29, 1.82) is 0 Å². The summed E-state index contributed by atoms with van der Waals surface area (Å²) in [6.45, 7) is 2.17. The number of carbonyl (C=O) groups is 1. The van der Waals surface area contributed by atoms with E-state index in [4.69, 9.17) is 0 Å². The molecular formula is C28H45NO. The monoisotopic (exact) mass is 411 g/mol. The Morgan fingerprint density at radius 1 is 0.667 bits per heavy atom. The Labute approximate surface area is 185 Å². The van der Waals surface area contributed by atoms with Gasteiger partial charge >= 0.3 is 0 Å². The third kappa shape index (κ3) is 16.0. The first-order valence-electron chi connectivity index (χ1n) is 12.4. The topological polar surface area (TPSA) is 32.9 Å². The zero-order chi connectivity index (χ0) is 21.5. The van der Waals surface area contributed by atoms with Gasteiger partial charge < -0.3 is 4.98 Å². The lowest BCUT2D eigenvalue weighted by atomic mass is 10.0. The average Bonchev–Trinajstić information content (AvgIpc) is 3.23. The molecule has 1 N–H and O–H groups in total. The number of allylic oxidation sites excluding steroid dienone is 6. The van der Waals surface area contributed by atoms with Crippen LogP contribution >= 0.6 is 0 Å². The van der Waals surface area contributed by atoms with E-state index in [1.54, 1.807) is 0 Å². The zero-order valence-electron chi connectivity index (χ0n) is 19.4. The standard InChI is InChI=1S/C28H45NO/c1-2-3-4-5-6-7-8-9-10-11-12-13-14-15-16-17-18-19-20-21-22-23-27-24-25-28(26-30)29-27/h3-4,6-7,9-10,24-26,29H,2,5,8,11-23H2,1H3. The van der Waals surface area contributed by atoms with Crippen LogP contribution in [0.1, 0.15) is 119 Å². The van der Waals surface area contributed by atoms with E-state index in [1.165, 1.54) is 82.7 Å². The first kappa shape index (κ1) is 26.2. The summed E-state index contributed by atoms with van der Waals surface area (Å²) in [5.41, 5.74) is 1.89. The summed E-state index contributed by atoms with van der Waals surface area (Å²) in [6, 6.07) is 3.90. The summed E-state index contributed by atoms with van der Waals surface area (Å²) in [5.74, 6) is 0. The molecule has 0 bridgehead atoms. The molecule has 2 heteroatoms. The van der Waals surface area contributed by atoms with E-state index in [2.05, 4.69) is 48.4 Å². The number of H-pyrrole nitrogens is 1. The van der Waals surface area contributed by atoms with E-state index in [-0.39, 0.29) is 0 Å². The number of aromatic amines is 1. The number of hydrogen-bond acceptors (Lipinski definition) is 1. The maximum atomic E-state index is 10.6. The van der Waals surface area contributed by atoms with Crippen molar-refractivity contribution in [3.63, 3.8) is 0 Å². The molecule has 0 spiro atoms. The summed E-state index contributed by atoms with van der Waals surface area (Å²) in [5, 5.41) is 0. The highest BCUT2D eigenvalue weighted by molar-refractivity contribution is 5.71. The highest BCUT2D eigenvalue weighted by Crippen LogP contribution is 2.13. The van der Waals surface area contributed by atoms with Crippen molar-refractivity contribution < 1.29 is 4.79 Å². The first-order valence-corrected chi connectivity index (χ1v) is 12.4. The minimum absolute atomic E-state index is 0.695. The number of hydrogen-bond donors (Lipinski definition) is 1. The highest BCUT2D eigenvalue weighted by Gasteiger charge is 1.98. The lowest BCUT2D eigenvalue weighted by molar-refractivity contribution is 0.111. The molecule has 0 amide bonds. The number of nitrogens with one attached hydrogen (secondary N) is 1. The molecule has 0 radical (unpaired) electrons. The summed E-state index contributed by atoms with van der Waals surface area (Å²) >= 11 is 0. The second-order valence-corrected chi connectivity index (χ2v) is 8.28. The molecule has 0 aromatic carbocycles. The van der Waals surface area contributed by atoms with E-state index in [9.17, 15) is 4.79 Å². The summed E-state index contributed by atoms with van der Waals surface area (Å²) in [7, 11) is 0. The predicted octanol–water partition coefficient (Wildman–Crippen LogP) is 8.91. The van der Waals surface area contributed by atoms with E-state index >= 15 is 0 Å². The molecule has 0 saturated carbocycles. The molecular weight excluding hydrogens is 366 g/mol. The number of aldehydes is 1. The number of rotatable bonds is 20. The maximum absolute atomic E-state index is 10.6. The van der Waals surface area contributed by atoms with Gasteiger partial charge in [0.2, 0.25) is 0 Å². The maximum Gasteiger partial charge on any atom is 0.166 e. The molecule has 168 valence electrons. The smallest absolute Gasteiger partial charge is 0.166 e. The summed E-state index contributed by atoms with van der Waals surface area (Å²) in [4.78, 5) is 13.8. The van der Waals surface area contributed by atoms with Crippen LogP contribution in [0.25, 0.3) is 0 Å². The zero-order valence-corrected chi connectivity index (χ0v) is 19.4. The molecule has 0 atom stereocenters. The second-order valence-electron chi connectivity index (χ2n) is 8.28. The molecule has 0 aliphatic heterocycles. The molecule has 1 aromatic heterocycles. The minimum atomic E-state index is 0.695. The molecule has 2 nitrogen and oxygen atoms in total. The lowest BCUT2D eigenvalue weighted by Crippen LogP contribution is -1.88. The number of aromatic nitrogens is 1. The molecule has 0 saturated heterocycles. The van der Waals surface area contributed by atoms with Gasteiger partial charge in [-0.15, -0.1) is 0 Å². The number of unbranched alkanes of at least 4 members (excludes halogenated alkanes) is 11.